The number of aromatic nitrogens is 1. The maximum atomic E-state index is 6.19. The van der Waals surface area contributed by atoms with Crippen LogP contribution in [-0.2, 0) is 11.2 Å². The van der Waals surface area contributed by atoms with Crippen LogP contribution in [0.25, 0.3) is 0 Å². The highest BCUT2D eigenvalue weighted by Crippen LogP contribution is 2.30. The van der Waals surface area contributed by atoms with Crippen molar-refractivity contribution in [2.24, 2.45) is 32.4 Å². The highest BCUT2D eigenvalue weighted by Gasteiger charge is 2.25. The summed E-state index contributed by atoms with van der Waals surface area (Å²) in [4.78, 5) is 22.8. The number of morpholine rings is 1. The summed E-state index contributed by atoms with van der Waals surface area (Å²) >= 11 is 1.60. The zero-order valence-corrected chi connectivity index (χ0v) is 21.7. The van der Waals surface area contributed by atoms with E-state index in [4.69, 9.17) is 26.2 Å². The molecule has 0 spiro atoms. The van der Waals surface area contributed by atoms with E-state index in [2.05, 4.69) is 42.7 Å². The van der Waals surface area contributed by atoms with Gasteiger partial charge in [0.05, 0.1) is 31.1 Å². The number of nitrogens with one attached hydrogen (secondary N) is 2. The van der Waals surface area contributed by atoms with Crippen LogP contribution >= 0.6 is 11.3 Å². The lowest BCUT2D eigenvalue weighted by molar-refractivity contribution is 0.0667. The monoisotopic (exact) mass is 512 g/mol. The summed E-state index contributed by atoms with van der Waals surface area (Å²) in [7, 11) is 0. The molecule has 0 amide bonds. The number of aliphatic imine (C=N–C) groups is 3. The molecule has 1 saturated carbocycles. The van der Waals surface area contributed by atoms with Gasteiger partial charge < -0.3 is 36.6 Å². The molecule has 194 valence electrons. The van der Waals surface area contributed by atoms with E-state index in [1.54, 1.807) is 11.3 Å². The first kappa shape index (κ1) is 24.7. The second-order valence-electron chi connectivity index (χ2n) is 9.52. The van der Waals surface area contributed by atoms with Gasteiger partial charge in [-0.05, 0) is 31.7 Å². The molecule has 4 aliphatic rings. The van der Waals surface area contributed by atoms with E-state index in [1.807, 2.05) is 6.08 Å². The number of thiazole rings is 1. The van der Waals surface area contributed by atoms with Gasteiger partial charge in [-0.1, -0.05) is 6.92 Å². The molecule has 3 aliphatic heterocycles. The van der Waals surface area contributed by atoms with Gasteiger partial charge in [0.15, 0.2) is 5.13 Å². The number of allylic oxidation sites excluding steroid dienone is 1. The summed E-state index contributed by atoms with van der Waals surface area (Å²) in [6.07, 6.45) is 6.84. The Labute approximate surface area is 216 Å². The van der Waals surface area contributed by atoms with E-state index in [0.29, 0.717) is 31.4 Å². The van der Waals surface area contributed by atoms with Crippen LogP contribution in [0.4, 0.5) is 5.13 Å². The summed E-state index contributed by atoms with van der Waals surface area (Å²) in [5.41, 5.74) is 14.6. The maximum absolute atomic E-state index is 6.19. The van der Waals surface area contributed by atoms with Crippen LogP contribution in [0.5, 0.6) is 0 Å². The minimum absolute atomic E-state index is 0.196. The molecule has 0 unspecified atom stereocenters. The minimum atomic E-state index is 0.196. The molecule has 11 nitrogen and oxygen atoms in total. The number of hydrogen-bond acceptors (Lipinski definition) is 12. The highest BCUT2D eigenvalue weighted by molar-refractivity contribution is 7.13. The van der Waals surface area contributed by atoms with Crippen molar-refractivity contribution in [3.8, 4) is 0 Å². The fraction of sp³-hybridized carbons (Fsp3) is 0.583. The van der Waals surface area contributed by atoms with Crippen molar-refractivity contribution in [3.63, 3.8) is 0 Å². The van der Waals surface area contributed by atoms with Crippen molar-refractivity contribution < 1.29 is 4.74 Å². The predicted octanol–water partition coefficient (Wildman–Crippen LogP) is 1.29. The SMILES string of the molecule is CCCN(CCc1csc(NC2=CC(=C3CN=C(N)N=C3N)NC(N3CCOCC3)=N2)n1)CC1CC1. The third kappa shape index (κ3) is 6.42. The molecule has 2 fully saturated rings. The zero-order chi connectivity index (χ0) is 24.9. The fourth-order valence-electron chi connectivity index (χ4n) is 4.45. The van der Waals surface area contributed by atoms with Gasteiger partial charge in [-0.3, -0.25) is 0 Å². The number of nitrogens with two attached hydrogens (primary N) is 2. The smallest absolute Gasteiger partial charge is 0.217 e. The van der Waals surface area contributed by atoms with E-state index in [0.717, 1.165) is 66.6 Å². The van der Waals surface area contributed by atoms with Crippen LogP contribution in [0.15, 0.2) is 43.5 Å². The molecule has 4 heterocycles. The van der Waals surface area contributed by atoms with Gasteiger partial charge in [0, 0.05) is 49.6 Å². The summed E-state index contributed by atoms with van der Waals surface area (Å²) in [5, 5.41) is 9.79. The molecule has 1 aliphatic carbocycles. The molecule has 36 heavy (non-hydrogen) atoms. The van der Waals surface area contributed by atoms with E-state index in [9.17, 15) is 0 Å². The van der Waals surface area contributed by atoms with Gasteiger partial charge in [-0.25, -0.2) is 9.98 Å². The average Bonchev–Trinajstić information content (AvgIpc) is 3.59. The normalized spacial score (nSPS) is 22.6. The van der Waals surface area contributed by atoms with Gasteiger partial charge in [-0.15, -0.1) is 11.3 Å². The van der Waals surface area contributed by atoms with Gasteiger partial charge in [0.1, 0.15) is 11.7 Å². The quantitative estimate of drug-likeness (QED) is 0.388. The first-order chi connectivity index (χ1) is 17.6. The Morgan fingerprint density at radius 2 is 2.06 bits per heavy atom. The van der Waals surface area contributed by atoms with Gasteiger partial charge in [0.2, 0.25) is 11.9 Å². The van der Waals surface area contributed by atoms with Crippen LogP contribution in [0, 0.1) is 5.92 Å². The fourth-order valence-corrected chi connectivity index (χ4v) is 5.20. The second kappa shape index (κ2) is 11.4. The number of nitrogens with zero attached hydrogens (tertiary/aromatic N) is 6. The Morgan fingerprint density at radius 3 is 2.81 bits per heavy atom. The zero-order valence-electron chi connectivity index (χ0n) is 20.9. The van der Waals surface area contributed by atoms with Crippen molar-refractivity contribution in [1.82, 2.24) is 20.1 Å². The number of amidine groups is 1. The standard InChI is InChI=1S/C24H36N10OS/c1-2-6-33(14-16-3-4-16)7-5-17-15-36-24(28-17)31-20-12-19(18-13-27-22(26)32-21(18)25)29-23(30-20)34-8-10-35-11-9-34/h12,15-16H,2-11,13-14H2,1H3,(H,28,31)(H,29,30)(H4,25,26,27,32). The lowest BCUT2D eigenvalue weighted by Gasteiger charge is -2.32. The van der Waals surface area contributed by atoms with Crippen LogP contribution in [0.1, 0.15) is 31.9 Å². The minimum Gasteiger partial charge on any atom is -0.383 e. The lowest BCUT2D eigenvalue weighted by Crippen LogP contribution is -2.48. The van der Waals surface area contributed by atoms with E-state index < -0.39 is 0 Å². The third-order valence-electron chi connectivity index (χ3n) is 6.56. The number of rotatable bonds is 9. The molecular weight excluding hydrogens is 476 g/mol. The second-order valence-corrected chi connectivity index (χ2v) is 10.4. The summed E-state index contributed by atoms with van der Waals surface area (Å²) < 4.78 is 5.52. The molecule has 0 radical (unpaired) electrons. The van der Waals surface area contributed by atoms with Crippen molar-refractivity contribution in [3.05, 3.63) is 34.2 Å². The molecule has 0 bridgehead atoms. The van der Waals surface area contributed by atoms with E-state index in [-0.39, 0.29) is 5.96 Å². The average molecular weight is 513 g/mol. The summed E-state index contributed by atoms with van der Waals surface area (Å²) in [6.45, 7) is 8.88. The third-order valence-corrected chi connectivity index (χ3v) is 7.36. The van der Waals surface area contributed by atoms with Crippen LogP contribution < -0.4 is 22.1 Å². The first-order valence-corrected chi connectivity index (χ1v) is 13.7. The first-order valence-electron chi connectivity index (χ1n) is 12.8. The molecule has 1 aromatic rings. The molecule has 6 N–H and O–H groups in total. The van der Waals surface area contributed by atoms with E-state index >= 15 is 0 Å². The Kier molecular flexibility index (Phi) is 7.83. The number of hydrogen-bond donors (Lipinski definition) is 4. The van der Waals surface area contributed by atoms with Crippen LogP contribution in [0.2, 0.25) is 0 Å². The van der Waals surface area contributed by atoms with Crippen molar-refractivity contribution >= 4 is 34.2 Å². The van der Waals surface area contributed by atoms with Crippen molar-refractivity contribution in [2.75, 3.05) is 57.8 Å². The summed E-state index contributed by atoms with van der Waals surface area (Å²) in [5.74, 6) is 2.90. The number of guanidine groups is 2. The largest absolute Gasteiger partial charge is 0.383 e. The molecule has 5 rings (SSSR count). The lowest BCUT2D eigenvalue weighted by atomic mass is 10.1. The van der Waals surface area contributed by atoms with Crippen LogP contribution in [0.3, 0.4) is 0 Å². The Balaban J connectivity index is 1.30. The maximum Gasteiger partial charge on any atom is 0.217 e. The Bertz CT molecular complexity index is 1090. The predicted molar refractivity (Wildman–Crippen MR) is 145 cm³/mol. The number of ether oxygens (including phenoxy) is 1. The summed E-state index contributed by atoms with van der Waals surface area (Å²) in [6, 6.07) is 0. The molecule has 1 saturated heterocycles. The molecule has 12 heteroatoms. The van der Waals surface area contributed by atoms with Gasteiger partial charge >= 0.3 is 0 Å². The van der Waals surface area contributed by atoms with Crippen LogP contribution in [-0.4, -0.2) is 85.0 Å². The molecule has 0 atom stereocenters. The van der Waals surface area contributed by atoms with Crippen molar-refractivity contribution in [2.45, 2.75) is 32.6 Å². The Hall–Kier alpha value is -2.96. The van der Waals surface area contributed by atoms with Gasteiger partial charge in [0.25, 0.3) is 0 Å². The number of anilines is 1. The van der Waals surface area contributed by atoms with Gasteiger partial charge in [-0.2, -0.15) is 9.98 Å². The topological polar surface area (TPSA) is 142 Å². The molecular formula is C24H36N10OS. The van der Waals surface area contributed by atoms with E-state index in [1.165, 1.54) is 25.8 Å². The Morgan fingerprint density at radius 1 is 1.22 bits per heavy atom. The molecule has 1 aromatic heterocycles. The molecule has 0 aromatic carbocycles. The highest BCUT2D eigenvalue weighted by atomic mass is 32.1. The van der Waals surface area contributed by atoms with Crippen molar-refractivity contribution in [1.29, 1.82) is 0 Å².